The standard InChI is InChI=1S/C14H24OS/c1-10-7-6-8-14(3,4)13(10)12(16-5)9-11(2)15/h12H,6-9H2,1-5H3/t12-/m1/s1. The molecule has 0 radical (unpaired) electrons. The SMILES string of the molecule is CS[C@H](CC(C)=O)C1=C(C)CCCC1(C)C. The van der Waals surface area contributed by atoms with Gasteiger partial charge in [-0.1, -0.05) is 25.0 Å². The van der Waals surface area contributed by atoms with E-state index in [1.54, 1.807) is 12.5 Å². The van der Waals surface area contributed by atoms with Gasteiger partial charge >= 0.3 is 0 Å². The minimum absolute atomic E-state index is 0.283. The second-order valence-corrected chi connectivity index (χ2v) is 6.60. The third kappa shape index (κ3) is 3.13. The zero-order valence-electron chi connectivity index (χ0n) is 11.2. The molecule has 1 aliphatic carbocycles. The van der Waals surface area contributed by atoms with E-state index in [0.717, 1.165) is 0 Å². The van der Waals surface area contributed by atoms with Crippen LogP contribution in [0.5, 0.6) is 0 Å². The van der Waals surface area contributed by atoms with Gasteiger partial charge < -0.3 is 0 Å². The molecular weight excluding hydrogens is 216 g/mol. The molecule has 1 atom stereocenters. The third-order valence-corrected chi connectivity index (χ3v) is 4.59. The maximum Gasteiger partial charge on any atom is 0.131 e. The minimum Gasteiger partial charge on any atom is -0.300 e. The molecule has 0 aromatic carbocycles. The molecule has 2 heteroatoms. The van der Waals surface area contributed by atoms with Gasteiger partial charge in [-0.3, -0.25) is 4.79 Å². The topological polar surface area (TPSA) is 17.1 Å². The first-order valence-electron chi connectivity index (χ1n) is 6.11. The maximum absolute atomic E-state index is 11.3. The summed E-state index contributed by atoms with van der Waals surface area (Å²) in [6.07, 6.45) is 6.59. The van der Waals surface area contributed by atoms with E-state index >= 15 is 0 Å². The molecule has 16 heavy (non-hydrogen) atoms. The molecule has 1 rings (SSSR count). The van der Waals surface area contributed by atoms with E-state index in [-0.39, 0.29) is 5.41 Å². The zero-order valence-corrected chi connectivity index (χ0v) is 12.0. The molecule has 0 heterocycles. The van der Waals surface area contributed by atoms with Crippen LogP contribution in [-0.4, -0.2) is 17.3 Å². The van der Waals surface area contributed by atoms with Gasteiger partial charge in [0, 0.05) is 11.7 Å². The van der Waals surface area contributed by atoms with Gasteiger partial charge in [0.15, 0.2) is 0 Å². The Hall–Kier alpha value is -0.240. The van der Waals surface area contributed by atoms with E-state index in [9.17, 15) is 4.79 Å². The molecule has 0 bridgehead atoms. The Morgan fingerprint density at radius 3 is 2.56 bits per heavy atom. The summed E-state index contributed by atoms with van der Waals surface area (Å²) in [5.74, 6) is 0.307. The molecule has 0 spiro atoms. The predicted molar refractivity (Wildman–Crippen MR) is 72.9 cm³/mol. The fraction of sp³-hybridized carbons (Fsp3) is 0.786. The van der Waals surface area contributed by atoms with Crippen LogP contribution in [0.3, 0.4) is 0 Å². The van der Waals surface area contributed by atoms with Crippen LogP contribution in [0.2, 0.25) is 0 Å². The Balaban J connectivity index is 3.00. The Morgan fingerprint density at radius 1 is 1.50 bits per heavy atom. The number of carbonyl (C=O) groups excluding carboxylic acids is 1. The van der Waals surface area contributed by atoms with Gasteiger partial charge in [0.1, 0.15) is 5.78 Å². The summed E-state index contributed by atoms with van der Waals surface area (Å²) in [6, 6.07) is 0. The van der Waals surface area contributed by atoms with Gasteiger partial charge in [-0.2, -0.15) is 11.8 Å². The molecule has 0 fully saturated rings. The molecule has 92 valence electrons. The molecule has 0 N–H and O–H groups in total. The Kier molecular flexibility index (Phi) is 4.66. The van der Waals surface area contributed by atoms with Crippen molar-refractivity contribution >= 4 is 17.5 Å². The summed E-state index contributed by atoms with van der Waals surface area (Å²) in [4.78, 5) is 11.3. The number of hydrogen-bond acceptors (Lipinski definition) is 2. The van der Waals surface area contributed by atoms with Crippen LogP contribution in [0, 0.1) is 5.41 Å². The highest BCUT2D eigenvalue weighted by molar-refractivity contribution is 7.99. The van der Waals surface area contributed by atoms with Crippen molar-refractivity contribution in [2.45, 2.75) is 58.6 Å². The lowest BCUT2D eigenvalue weighted by Crippen LogP contribution is -2.28. The lowest BCUT2D eigenvalue weighted by atomic mass is 9.71. The molecular formula is C14H24OS. The molecule has 0 saturated carbocycles. The number of ketones is 1. The van der Waals surface area contributed by atoms with Gasteiger partial charge in [-0.15, -0.1) is 0 Å². The van der Waals surface area contributed by atoms with Gasteiger partial charge in [-0.05, 0) is 44.8 Å². The van der Waals surface area contributed by atoms with Crippen LogP contribution in [-0.2, 0) is 4.79 Å². The summed E-state index contributed by atoms with van der Waals surface area (Å²) >= 11 is 1.83. The molecule has 0 aromatic heterocycles. The number of hydrogen-bond donors (Lipinski definition) is 0. The third-order valence-electron chi connectivity index (χ3n) is 3.62. The molecule has 1 aliphatic rings. The van der Waals surface area contributed by atoms with Crippen molar-refractivity contribution in [1.29, 1.82) is 0 Å². The van der Waals surface area contributed by atoms with Crippen LogP contribution in [0.15, 0.2) is 11.1 Å². The lowest BCUT2D eigenvalue weighted by Gasteiger charge is -2.38. The fourth-order valence-corrected chi connectivity index (χ4v) is 4.07. The summed E-state index contributed by atoms with van der Waals surface area (Å²) in [6.45, 7) is 8.61. The van der Waals surface area contributed by atoms with Crippen LogP contribution >= 0.6 is 11.8 Å². The van der Waals surface area contributed by atoms with Crippen molar-refractivity contribution in [2.24, 2.45) is 5.41 Å². The van der Waals surface area contributed by atoms with Crippen LogP contribution < -0.4 is 0 Å². The van der Waals surface area contributed by atoms with Crippen LogP contribution in [0.1, 0.15) is 53.4 Å². The number of Topliss-reactive ketones (excluding diaryl/α,β-unsaturated/α-hetero) is 1. The summed E-state index contributed by atoms with van der Waals surface area (Å²) in [5, 5.41) is 0.396. The minimum atomic E-state index is 0.283. The second kappa shape index (κ2) is 5.39. The Labute approximate surface area is 104 Å². The van der Waals surface area contributed by atoms with E-state index < -0.39 is 0 Å². The normalized spacial score (nSPS) is 22.1. The largest absolute Gasteiger partial charge is 0.300 e. The van der Waals surface area contributed by atoms with Gasteiger partial charge in [0.25, 0.3) is 0 Å². The number of rotatable bonds is 4. The van der Waals surface area contributed by atoms with Crippen molar-refractivity contribution in [3.05, 3.63) is 11.1 Å². The smallest absolute Gasteiger partial charge is 0.131 e. The van der Waals surface area contributed by atoms with Gasteiger partial charge in [0.2, 0.25) is 0 Å². The molecule has 0 unspecified atom stereocenters. The highest BCUT2D eigenvalue weighted by Crippen LogP contribution is 2.45. The van der Waals surface area contributed by atoms with E-state index in [1.807, 2.05) is 11.8 Å². The van der Waals surface area contributed by atoms with Crippen molar-refractivity contribution in [2.75, 3.05) is 6.26 Å². The highest BCUT2D eigenvalue weighted by atomic mass is 32.2. The first-order chi connectivity index (χ1) is 7.38. The predicted octanol–water partition coefficient (Wildman–Crippen LogP) is 4.22. The van der Waals surface area contributed by atoms with Gasteiger partial charge in [-0.25, -0.2) is 0 Å². The number of allylic oxidation sites excluding steroid dienone is 1. The van der Waals surface area contributed by atoms with E-state index in [2.05, 4.69) is 27.0 Å². The monoisotopic (exact) mass is 240 g/mol. The second-order valence-electron chi connectivity index (χ2n) is 5.56. The van der Waals surface area contributed by atoms with Gasteiger partial charge in [0.05, 0.1) is 0 Å². The first-order valence-corrected chi connectivity index (χ1v) is 7.39. The molecule has 1 nitrogen and oxygen atoms in total. The number of carbonyl (C=O) groups is 1. The maximum atomic E-state index is 11.3. The number of thioether (sulfide) groups is 1. The van der Waals surface area contributed by atoms with E-state index in [0.29, 0.717) is 17.5 Å². The van der Waals surface area contributed by atoms with Crippen molar-refractivity contribution in [3.8, 4) is 0 Å². The quantitative estimate of drug-likeness (QED) is 0.684. The lowest BCUT2D eigenvalue weighted by molar-refractivity contribution is -0.116. The Bertz CT molecular complexity index is 302. The summed E-state index contributed by atoms with van der Waals surface area (Å²) in [5.41, 5.74) is 3.35. The van der Waals surface area contributed by atoms with Crippen molar-refractivity contribution < 1.29 is 4.79 Å². The highest BCUT2D eigenvalue weighted by Gasteiger charge is 2.33. The zero-order chi connectivity index (χ0) is 12.3. The molecule has 0 amide bonds. The summed E-state index contributed by atoms with van der Waals surface area (Å²) < 4.78 is 0. The molecule has 0 aromatic rings. The molecule has 0 saturated heterocycles. The average molecular weight is 240 g/mol. The fourth-order valence-electron chi connectivity index (χ4n) is 2.92. The Morgan fingerprint density at radius 2 is 2.12 bits per heavy atom. The van der Waals surface area contributed by atoms with Crippen LogP contribution in [0.4, 0.5) is 0 Å². The average Bonchev–Trinajstić information content (AvgIpc) is 2.13. The summed E-state index contributed by atoms with van der Waals surface area (Å²) in [7, 11) is 0. The molecule has 0 aliphatic heterocycles. The van der Waals surface area contributed by atoms with Crippen molar-refractivity contribution in [3.63, 3.8) is 0 Å². The van der Waals surface area contributed by atoms with Crippen molar-refractivity contribution in [1.82, 2.24) is 0 Å². The van der Waals surface area contributed by atoms with E-state index in [1.165, 1.54) is 24.8 Å². The van der Waals surface area contributed by atoms with E-state index in [4.69, 9.17) is 0 Å². The van der Waals surface area contributed by atoms with Crippen LogP contribution in [0.25, 0.3) is 0 Å². The first kappa shape index (κ1) is 13.8.